The van der Waals surface area contributed by atoms with Gasteiger partial charge in [0, 0.05) is 5.56 Å². The van der Waals surface area contributed by atoms with Crippen LogP contribution in [-0.4, -0.2) is 6.10 Å². The van der Waals surface area contributed by atoms with Crippen molar-refractivity contribution < 1.29 is 4.74 Å². The van der Waals surface area contributed by atoms with E-state index in [9.17, 15) is 0 Å². The van der Waals surface area contributed by atoms with Crippen LogP contribution in [-0.2, 0) is 0 Å². The van der Waals surface area contributed by atoms with Crippen molar-refractivity contribution in [2.24, 2.45) is 23.7 Å². The highest BCUT2D eigenvalue weighted by Gasteiger charge is 2.48. The van der Waals surface area contributed by atoms with Crippen LogP contribution in [0.3, 0.4) is 0 Å². The average molecular weight is 306 g/mol. The van der Waals surface area contributed by atoms with Crippen molar-refractivity contribution >= 4 is 0 Å². The van der Waals surface area contributed by atoms with Crippen LogP contribution in [0.15, 0.2) is 54.6 Å². The van der Waals surface area contributed by atoms with Gasteiger partial charge >= 0.3 is 0 Å². The van der Waals surface area contributed by atoms with Crippen LogP contribution >= 0.6 is 0 Å². The summed E-state index contributed by atoms with van der Waals surface area (Å²) in [7, 11) is 0. The molecule has 120 valence electrons. The topological polar surface area (TPSA) is 9.23 Å². The molecular weight excluding hydrogens is 280 g/mol. The van der Waals surface area contributed by atoms with E-state index in [-0.39, 0.29) is 0 Å². The summed E-state index contributed by atoms with van der Waals surface area (Å²) in [6, 6.07) is 19.1. The Morgan fingerprint density at radius 3 is 2.35 bits per heavy atom. The maximum Gasteiger partial charge on any atom is 0.127 e. The molecule has 2 aliphatic carbocycles. The van der Waals surface area contributed by atoms with Gasteiger partial charge in [0.15, 0.2) is 0 Å². The molecule has 2 fully saturated rings. The molecule has 4 atom stereocenters. The van der Waals surface area contributed by atoms with E-state index in [2.05, 4.69) is 68.4 Å². The molecule has 2 aromatic rings. The Labute approximate surface area is 139 Å². The standard InChI is InChI=1S/C22H26O/c1-15(2)19-12-16-13-20(19)22(14-16)23-21-11-7-6-10-18(21)17-8-4-3-5-9-17/h3-11,15-16,19-20,22H,12-14H2,1-2H3. The number of hydrogen-bond acceptors (Lipinski definition) is 1. The average Bonchev–Trinajstić information content (AvgIpc) is 3.16. The van der Waals surface area contributed by atoms with Gasteiger partial charge in [-0.05, 0) is 54.6 Å². The highest BCUT2D eigenvalue weighted by Crippen LogP contribution is 2.52. The van der Waals surface area contributed by atoms with Crippen LogP contribution in [0.25, 0.3) is 11.1 Å². The number of hydrogen-bond donors (Lipinski definition) is 0. The molecule has 0 aromatic heterocycles. The summed E-state index contributed by atoms with van der Waals surface area (Å²) in [5, 5.41) is 0. The lowest BCUT2D eigenvalue weighted by Crippen LogP contribution is -2.32. The van der Waals surface area contributed by atoms with Gasteiger partial charge in [0.1, 0.15) is 11.9 Å². The predicted molar refractivity (Wildman–Crippen MR) is 95.5 cm³/mol. The van der Waals surface area contributed by atoms with Gasteiger partial charge in [0.25, 0.3) is 0 Å². The third-order valence-corrected chi connectivity index (χ3v) is 5.91. The van der Waals surface area contributed by atoms with E-state index < -0.39 is 0 Å². The van der Waals surface area contributed by atoms with Crippen LogP contribution in [0.1, 0.15) is 33.1 Å². The quantitative estimate of drug-likeness (QED) is 0.693. The fourth-order valence-electron chi connectivity index (χ4n) is 4.83. The van der Waals surface area contributed by atoms with Crippen LogP contribution in [0.4, 0.5) is 0 Å². The second kappa shape index (κ2) is 6.03. The molecule has 0 saturated heterocycles. The molecule has 0 amide bonds. The largest absolute Gasteiger partial charge is 0.489 e. The van der Waals surface area contributed by atoms with Gasteiger partial charge < -0.3 is 4.74 Å². The molecule has 0 N–H and O–H groups in total. The van der Waals surface area contributed by atoms with Gasteiger partial charge in [-0.15, -0.1) is 0 Å². The van der Waals surface area contributed by atoms with E-state index in [1.54, 1.807) is 0 Å². The SMILES string of the molecule is CC(C)C1CC2CC(Oc3ccccc3-c3ccccc3)C1C2. The highest BCUT2D eigenvalue weighted by molar-refractivity contribution is 5.70. The fraction of sp³-hybridized carbons (Fsp3) is 0.455. The Hall–Kier alpha value is -1.76. The lowest BCUT2D eigenvalue weighted by molar-refractivity contribution is 0.0850. The van der Waals surface area contributed by atoms with Crippen LogP contribution in [0.2, 0.25) is 0 Å². The second-order valence-corrected chi connectivity index (χ2v) is 7.66. The molecule has 2 saturated carbocycles. The predicted octanol–water partition coefficient (Wildman–Crippen LogP) is 5.80. The van der Waals surface area contributed by atoms with Crippen molar-refractivity contribution in [1.82, 2.24) is 0 Å². The van der Waals surface area contributed by atoms with E-state index in [4.69, 9.17) is 4.74 Å². The van der Waals surface area contributed by atoms with E-state index in [0.717, 1.165) is 29.4 Å². The molecule has 0 heterocycles. The van der Waals surface area contributed by atoms with E-state index >= 15 is 0 Å². The van der Waals surface area contributed by atoms with Crippen LogP contribution in [0, 0.1) is 23.7 Å². The third-order valence-electron chi connectivity index (χ3n) is 5.91. The molecular formula is C22H26O. The summed E-state index contributed by atoms with van der Waals surface area (Å²) >= 11 is 0. The molecule has 1 nitrogen and oxygen atoms in total. The molecule has 2 bridgehead atoms. The van der Waals surface area contributed by atoms with Crippen molar-refractivity contribution in [2.75, 3.05) is 0 Å². The van der Waals surface area contributed by atoms with Crippen molar-refractivity contribution in [2.45, 2.75) is 39.2 Å². The maximum absolute atomic E-state index is 6.58. The summed E-state index contributed by atoms with van der Waals surface area (Å²) < 4.78 is 6.58. The minimum atomic E-state index is 0.408. The molecule has 2 aliphatic rings. The van der Waals surface area contributed by atoms with Crippen molar-refractivity contribution in [3.63, 3.8) is 0 Å². The third kappa shape index (κ3) is 2.78. The van der Waals surface area contributed by atoms with Gasteiger partial charge in [-0.3, -0.25) is 0 Å². The highest BCUT2D eigenvalue weighted by atomic mass is 16.5. The number of fused-ring (bicyclic) bond motifs is 2. The smallest absolute Gasteiger partial charge is 0.127 e. The molecule has 23 heavy (non-hydrogen) atoms. The van der Waals surface area contributed by atoms with Gasteiger partial charge in [-0.2, -0.15) is 0 Å². The zero-order chi connectivity index (χ0) is 15.8. The first-order chi connectivity index (χ1) is 11.2. The minimum absolute atomic E-state index is 0.408. The van der Waals surface area contributed by atoms with Crippen LogP contribution < -0.4 is 4.74 Å². The Balaban J connectivity index is 1.59. The molecule has 4 rings (SSSR count). The monoisotopic (exact) mass is 306 g/mol. The lowest BCUT2D eigenvalue weighted by atomic mass is 9.79. The van der Waals surface area contributed by atoms with Gasteiger partial charge in [-0.25, -0.2) is 0 Å². The van der Waals surface area contributed by atoms with Gasteiger partial charge in [0.2, 0.25) is 0 Å². The van der Waals surface area contributed by atoms with Crippen molar-refractivity contribution in [3.8, 4) is 16.9 Å². The zero-order valence-corrected chi connectivity index (χ0v) is 14.1. The lowest BCUT2D eigenvalue weighted by Gasteiger charge is -2.32. The second-order valence-electron chi connectivity index (χ2n) is 7.66. The summed E-state index contributed by atoms with van der Waals surface area (Å²) in [5.74, 6) is 4.33. The fourth-order valence-corrected chi connectivity index (χ4v) is 4.83. The van der Waals surface area contributed by atoms with Crippen LogP contribution in [0.5, 0.6) is 5.75 Å². The molecule has 4 unspecified atom stereocenters. The first kappa shape index (κ1) is 14.8. The first-order valence-electron chi connectivity index (χ1n) is 9.03. The zero-order valence-electron chi connectivity index (χ0n) is 14.1. The summed E-state index contributed by atoms with van der Waals surface area (Å²) in [6.07, 6.45) is 4.45. The molecule has 0 aliphatic heterocycles. The summed E-state index contributed by atoms with van der Waals surface area (Å²) in [4.78, 5) is 0. The van der Waals surface area contributed by atoms with Crippen molar-refractivity contribution in [3.05, 3.63) is 54.6 Å². The Morgan fingerprint density at radius 1 is 0.870 bits per heavy atom. The Bertz CT molecular complexity index is 661. The molecule has 2 aromatic carbocycles. The summed E-state index contributed by atoms with van der Waals surface area (Å²) in [5.41, 5.74) is 2.46. The van der Waals surface area contributed by atoms with E-state index in [1.165, 1.54) is 30.4 Å². The Kier molecular flexibility index (Phi) is 3.88. The first-order valence-corrected chi connectivity index (χ1v) is 9.03. The van der Waals surface area contributed by atoms with E-state index in [0.29, 0.717) is 6.10 Å². The number of ether oxygens (including phenoxy) is 1. The van der Waals surface area contributed by atoms with Gasteiger partial charge in [0.05, 0.1) is 0 Å². The molecule has 0 radical (unpaired) electrons. The normalized spacial score (nSPS) is 29.2. The minimum Gasteiger partial charge on any atom is -0.489 e. The molecule has 0 spiro atoms. The number of para-hydroxylation sites is 1. The van der Waals surface area contributed by atoms with Gasteiger partial charge in [-0.1, -0.05) is 62.4 Å². The maximum atomic E-state index is 6.58. The summed E-state index contributed by atoms with van der Waals surface area (Å²) in [6.45, 7) is 4.75. The number of benzene rings is 2. The molecule has 1 heteroatoms. The van der Waals surface area contributed by atoms with E-state index in [1.807, 2.05) is 0 Å². The van der Waals surface area contributed by atoms with Crippen molar-refractivity contribution in [1.29, 1.82) is 0 Å². The number of rotatable bonds is 4. The Morgan fingerprint density at radius 2 is 1.61 bits per heavy atom.